The van der Waals surface area contributed by atoms with Crippen LogP contribution in [-0.2, 0) is 14.3 Å². The number of hydrogen-bond acceptors (Lipinski definition) is 5. The van der Waals surface area contributed by atoms with E-state index in [1.54, 1.807) is 6.08 Å². The van der Waals surface area contributed by atoms with Crippen LogP contribution in [0.4, 0.5) is 0 Å². The summed E-state index contributed by atoms with van der Waals surface area (Å²) in [7, 11) is 0. The Labute approximate surface area is 404 Å². The van der Waals surface area contributed by atoms with Crippen molar-refractivity contribution in [2.75, 3.05) is 13.2 Å². The first kappa shape index (κ1) is 63.1. The largest absolute Gasteiger partial charge is 0.466 e. The first-order valence-corrected chi connectivity index (χ1v) is 28.8. The highest BCUT2D eigenvalue weighted by Crippen LogP contribution is 2.16. The van der Waals surface area contributed by atoms with Crippen LogP contribution in [0, 0.1) is 0 Å². The van der Waals surface area contributed by atoms with Crippen molar-refractivity contribution < 1.29 is 24.5 Å². The number of aliphatic hydroxyl groups is 2. The molecular formula is C59H111NO5. The Kier molecular flexibility index (Phi) is 53.1. The zero-order chi connectivity index (χ0) is 47.2. The van der Waals surface area contributed by atoms with Crippen LogP contribution >= 0.6 is 0 Å². The minimum atomic E-state index is -0.852. The SMILES string of the molecule is CCCCCCCC/C=C\CCCCCCCCCC(=O)OCCCCCCCCCCC/C=C\CCCCCCCC(=O)NC(CO)C(O)/C=C/CCCCCCCCCCCCC. The second-order valence-electron chi connectivity index (χ2n) is 19.6. The summed E-state index contributed by atoms with van der Waals surface area (Å²) in [6.07, 6.45) is 67.3. The van der Waals surface area contributed by atoms with E-state index < -0.39 is 12.1 Å². The molecule has 0 aromatic rings. The van der Waals surface area contributed by atoms with Crippen LogP contribution in [0.15, 0.2) is 36.5 Å². The normalized spacial score (nSPS) is 12.9. The van der Waals surface area contributed by atoms with Gasteiger partial charge in [0.25, 0.3) is 0 Å². The zero-order valence-corrected chi connectivity index (χ0v) is 43.5. The molecule has 0 heterocycles. The van der Waals surface area contributed by atoms with E-state index in [4.69, 9.17) is 4.74 Å². The van der Waals surface area contributed by atoms with E-state index in [2.05, 4.69) is 43.5 Å². The first-order chi connectivity index (χ1) is 32.0. The quantitative estimate of drug-likeness (QED) is 0.0321. The van der Waals surface area contributed by atoms with Crippen molar-refractivity contribution in [2.24, 2.45) is 0 Å². The van der Waals surface area contributed by atoms with Crippen molar-refractivity contribution in [2.45, 2.75) is 315 Å². The van der Waals surface area contributed by atoms with Crippen molar-refractivity contribution in [3.8, 4) is 0 Å². The van der Waals surface area contributed by atoms with E-state index in [0.29, 0.717) is 19.4 Å². The second kappa shape index (κ2) is 54.7. The van der Waals surface area contributed by atoms with Gasteiger partial charge in [0, 0.05) is 12.8 Å². The summed E-state index contributed by atoms with van der Waals surface area (Å²) in [5, 5.41) is 23.0. The fraction of sp³-hybridized carbons (Fsp3) is 0.864. The zero-order valence-electron chi connectivity index (χ0n) is 43.5. The Morgan fingerprint density at radius 3 is 1.09 bits per heavy atom. The van der Waals surface area contributed by atoms with Gasteiger partial charge in [-0.15, -0.1) is 0 Å². The van der Waals surface area contributed by atoms with Crippen LogP contribution in [0.25, 0.3) is 0 Å². The summed E-state index contributed by atoms with van der Waals surface area (Å²) < 4.78 is 5.48. The molecule has 0 aromatic heterocycles. The van der Waals surface area contributed by atoms with Gasteiger partial charge >= 0.3 is 5.97 Å². The van der Waals surface area contributed by atoms with Gasteiger partial charge in [-0.3, -0.25) is 9.59 Å². The summed E-state index contributed by atoms with van der Waals surface area (Å²) in [6.45, 7) is 4.88. The third-order valence-electron chi connectivity index (χ3n) is 13.1. The van der Waals surface area contributed by atoms with E-state index in [-0.39, 0.29) is 18.5 Å². The van der Waals surface area contributed by atoms with E-state index in [9.17, 15) is 19.8 Å². The van der Waals surface area contributed by atoms with Crippen LogP contribution in [-0.4, -0.2) is 47.4 Å². The number of carbonyl (C=O) groups excluding carboxylic acids is 2. The fourth-order valence-corrected chi connectivity index (χ4v) is 8.68. The number of ether oxygens (including phenoxy) is 1. The molecule has 0 radical (unpaired) electrons. The monoisotopic (exact) mass is 914 g/mol. The van der Waals surface area contributed by atoms with Crippen LogP contribution in [0.5, 0.6) is 0 Å². The number of hydrogen-bond donors (Lipinski definition) is 3. The molecule has 0 bridgehead atoms. The topological polar surface area (TPSA) is 95.9 Å². The average molecular weight is 915 g/mol. The smallest absolute Gasteiger partial charge is 0.305 e. The molecule has 2 unspecified atom stereocenters. The summed E-state index contributed by atoms with van der Waals surface area (Å²) in [6, 6.07) is -0.637. The second-order valence-corrected chi connectivity index (χ2v) is 19.6. The number of carbonyl (C=O) groups is 2. The van der Waals surface area contributed by atoms with Gasteiger partial charge in [0.2, 0.25) is 5.91 Å². The van der Waals surface area contributed by atoms with Crippen LogP contribution < -0.4 is 5.32 Å². The van der Waals surface area contributed by atoms with E-state index >= 15 is 0 Å². The Balaban J connectivity index is 3.46. The molecule has 2 atom stereocenters. The molecule has 65 heavy (non-hydrogen) atoms. The maximum absolute atomic E-state index is 12.4. The molecule has 0 saturated heterocycles. The van der Waals surface area contributed by atoms with E-state index in [1.807, 2.05) is 6.08 Å². The highest BCUT2D eigenvalue weighted by molar-refractivity contribution is 5.76. The van der Waals surface area contributed by atoms with Gasteiger partial charge in [-0.25, -0.2) is 0 Å². The highest BCUT2D eigenvalue weighted by atomic mass is 16.5. The van der Waals surface area contributed by atoms with Gasteiger partial charge in [0.15, 0.2) is 0 Å². The van der Waals surface area contributed by atoms with Gasteiger partial charge in [-0.05, 0) is 83.5 Å². The van der Waals surface area contributed by atoms with Gasteiger partial charge in [-0.1, -0.05) is 243 Å². The number of esters is 1. The lowest BCUT2D eigenvalue weighted by Crippen LogP contribution is -2.45. The molecule has 382 valence electrons. The molecule has 0 aliphatic carbocycles. The number of allylic oxidation sites excluding steroid dienone is 5. The number of amides is 1. The fourth-order valence-electron chi connectivity index (χ4n) is 8.68. The molecular weight excluding hydrogens is 803 g/mol. The van der Waals surface area contributed by atoms with Crippen molar-refractivity contribution >= 4 is 11.9 Å². The standard InChI is InChI=1S/C59H111NO5/c1-3-5-7-9-11-13-15-17-18-21-25-29-33-37-41-45-49-53-59(64)65-54-50-46-42-38-34-30-26-23-20-19-22-24-28-32-36-40-44-48-52-58(63)60-56(55-61)57(62)51-47-43-39-35-31-27-16-14-12-10-8-6-4-2/h17-18,22,24,47,51,56-57,61-62H,3-16,19-21,23,25-46,48-50,52-55H2,1-2H3,(H,60,63)/b18-17-,24-22-,51-47+. The van der Waals surface area contributed by atoms with Gasteiger partial charge in [-0.2, -0.15) is 0 Å². The van der Waals surface area contributed by atoms with E-state index in [0.717, 1.165) is 57.8 Å². The molecule has 0 aliphatic heterocycles. The molecule has 0 saturated carbocycles. The summed E-state index contributed by atoms with van der Waals surface area (Å²) in [5.41, 5.74) is 0. The number of unbranched alkanes of at least 4 members (excludes halogenated alkanes) is 38. The average Bonchev–Trinajstić information content (AvgIpc) is 3.31. The molecule has 6 heteroatoms. The van der Waals surface area contributed by atoms with E-state index in [1.165, 1.54) is 218 Å². The molecule has 0 aromatic carbocycles. The Morgan fingerprint density at radius 2 is 0.723 bits per heavy atom. The molecule has 0 aliphatic rings. The first-order valence-electron chi connectivity index (χ1n) is 28.8. The summed E-state index contributed by atoms with van der Waals surface area (Å²) >= 11 is 0. The van der Waals surface area contributed by atoms with Gasteiger partial charge < -0.3 is 20.3 Å². The number of nitrogens with one attached hydrogen (secondary N) is 1. The lowest BCUT2D eigenvalue weighted by molar-refractivity contribution is -0.143. The highest BCUT2D eigenvalue weighted by Gasteiger charge is 2.18. The molecule has 6 nitrogen and oxygen atoms in total. The molecule has 0 spiro atoms. The lowest BCUT2D eigenvalue weighted by atomic mass is 10.0. The predicted molar refractivity (Wildman–Crippen MR) is 283 cm³/mol. The molecule has 0 rings (SSSR count). The van der Waals surface area contributed by atoms with Crippen LogP contribution in [0.3, 0.4) is 0 Å². The Morgan fingerprint density at radius 1 is 0.415 bits per heavy atom. The van der Waals surface area contributed by atoms with Crippen molar-refractivity contribution in [3.05, 3.63) is 36.5 Å². The molecule has 1 amide bonds. The lowest BCUT2D eigenvalue weighted by Gasteiger charge is -2.20. The third kappa shape index (κ3) is 51.3. The third-order valence-corrected chi connectivity index (χ3v) is 13.1. The van der Waals surface area contributed by atoms with Crippen molar-refractivity contribution in [1.29, 1.82) is 0 Å². The number of rotatable bonds is 53. The van der Waals surface area contributed by atoms with Crippen LogP contribution in [0.2, 0.25) is 0 Å². The minimum Gasteiger partial charge on any atom is -0.466 e. The molecule has 0 fully saturated rings. The Bertz CT molecular complexity index is 1060. The van der Waals surface area contributed by atoms with Crippen molar-refractivity contribution in [3.63, 3.8) is 0 Å². The Hall–Kier alpha value is -1.92. The van der Waals surface area contributed by atoms with Crippen molar-refractivity contribution in [1.82, 2.24) is 5.32 Å². The van der Waals surface area contributed by atoms with Gasteiger partial charge in [0.1, 0.15) is 0 Å². The maximum atomic E-state index is 12.4. The predicted octanol–water partition coefficient (Wildman–Crippen LogP) is 17.6. The molecule has 3 N–H and O–H groups in total. The summed E-state index contributed by atoms with van der Waals surface area (Å²) in [4.78, 5) is 24.5. The maximum Gasteiger partial charge on any atom is 0.305 e. The van der Waals surface area contributed by atoms with Gasteiger partial charge in [0.05, 0.1) is 25.4 Å². The number of aliphatic hydroxyl groups excluding tert-OH is 2. The minimum absolute atomic E-state index is 0.00152. The summed E-state index contributed by atoms with van der Waals surface area (Å²) in [5.74, 6) is -0.0843. The van der Waals surface area contributed by atoms with Crippen LogP contribution in [0.1, 0.15) is 303 Å².